The Kier molecular flexibility index (Phi) is 2.35. The standard InChI is InChI=1S/C10H10ClN3/c11-10(12)4-3-9(14-7-10)8-2-1-5-13-6-8/h1-3,5-7H,4,12H2. The Morgan fingerprint density at radius 2 is 2.36 bits per heavy atom. The normalized spacial score (nSPS) is 26.0. The van der Waals surface area contributed by atoms with Crippen LogP contribution in [0.4, 0.5) is 0 Å². The van der Waals surface area contributed by atoms with Crippen molar-refractivity contribution in [3.05, 3.63) is 36.2 Å². The second-order valence-corrected chi connectivity index (χ2v) is 3.92. The van der Waals surface area contributed by atoms with Gasteiger partial charge in [0.1, 0.15) is 5.00 Å². The number of nitrogens with two attached hydrogens (primary N) is 1. The second kappa shape index (κ2) is 3.52. The Morgan fingerprint density at radius 1 is 1.50 bits per heavy atom. The van der Waals surface area contributed by atoms with Gasteiger partial charge >= 0.3 is 0 Å². The van der Waals surface area contributed by atoms with Gasteiger partial charge in [0.15, 0.2) is 0 Å². The lowest BCUT2D eigenvalue weighted by Gasteiger charge is -2.18. The van der Waals surface area contributed by atoms with Crippen molar-refractivity contribution in [1.82, 2.24) is 4.98 Å². The molecule has 0 aliphatic carbocycles. The molecule has 0 saturated carbocycles. The summed E-state index contributed by atoms with van der Waals surface area (Å²) in [6, 6.07) is 3.82. The maximum absolute atomic E-state index is 5.89. The van der Waals surface area contributed by atoms with Crippen LogP contribution in [-0.2, 0) is 0 Å². The van der Waals surface area contributed by atoms with Gasteiger partial charge in [-0.1, -0.05) is 17.7 Å². The number of halogens is 1. The predicted octanol–water partition coefficient (Wildman–Crippen LogP) is 1.79. The monoisotopic (exact) mass is 207 g/mol. The molecule has 0 aromatic carbocycles. The summed E-state index contributed by atoms with van der Waals surface area (Å²) in [6.07, 6.45) is 7.56. The second-order valence-electron chi connectivity index (χ2n) is 3.22. The lowest BCUT2D eigenvalue weighted by molar-refractivity contribution is 0.801. The molecule has 1 aliphatic rings. The van der Waals surface area contributed by atoms with Crippen LogP contribution in [0.25, 0.3) is 5.70 Å². The van der Waals surface area contributed by atoms with Gasteiger partial charge in [-0.05, 0) is 12.1 Å². The van der Waals surface area contributed by atoms with Gasteiger partial charge in [-0.25, -0.2) is 0 Å². The van der Waals surface area contributed by atoms with Gasteiger partial charge < -0.3 is 5.73 Å². The molecule has 2 heterocycles. The Labute approximate surface area is 87.3 Å². The minimum Gasteiger partial charge on any atom is -0.308 e. The van der Waals surface area contributed by atoms with Gasteiger partial charge in [-0.15, -0.1) is 0 Å². The Bertz CT molecular complexity index is 382. The zero-order chi connectivity index (χ0) is 10.0. The fraction of sp³-hybridized carbons (Fsp3) is 0.200. The van der Waals surface area contributed by atoms with Gasteiger partial charge in [-0.2, -0.15) is 0 Å². The molecule has 0 saturated heterocycles. The molecule has 4 heteroatoms. The smallest absolute Gasteiger partial charge is 0.130 e. The maximum Gasteiger partial charge on any atom is 0.130 e. The number of nitrogens with zero attached hydrogens (tertiary/aromatic N) is 2. The van der Waals surface area contributed by atoms with Crippen LogP contribution in [0.1, 0.15) is 12.0 Å². The number of pyridine rings is 1. The average Bonchev–Trinajstić information content (AvgIpc) is 2.19. The van der Waals surface area contributed by atoms with Crippen molar-refractivity contribution in [2.24, 2.45) is 10.7 Å². The largest absolute Gasteiger partial charge is 0.308 e. The third-order valence-corrected chi connectivity index (χ3v) is 2.24. The number of aliphatic imine (C=N–C) groups is 1. The first-order chi connectivity index (χ1) is 6.67. The van der Waals surface area contributed by atoms with E-state index in [1.807, 2.05) is 18.2 Å². The van der Waals surface area contributed by atoms with Crippen LogP contribution in [0.3, 0.4) is 0 Å². The summed E-state index contributed by atoms with van der Waals surface area (Å²) >= 11 is 5.89. The molecule has 72 valence electrons. The topological polar surface area (TPSA) is 51.3 Å². The highest BCUT2D eigenvalue weighted by Gasteiger charge is 2.20. The Balaban J connectivity index is 2.25. The van der Waals surface area contributed by atoms with E-state index >= 15 is 0 Å². The third-order valence-electron chi connectivity index (χ3n) is 1.98. The molecule has 0 radical (unpaired) electrons. The summed E-state index contributed by atoms with van der Waals surface area (Å²) in [6.45, 7) is 0. The first kappa shape index (κ1) is 9.37. The quantitative estimate of drug-likeness (QED) is 0.564. The van der Waals surface area contributed by atoms with Crippen molar-refractivity contribution in [2.75, 3.05) is 0 Å². The summed E-state index contributed by atoms with van der Waals surface area (Å²) in [5.74, 6) is 0. The summed E-state index contributed by atoms with van der Waals surface area (Å²) < 4.78 is 0. The van der Waals surface area contributed by atoms with Crippen LogP contribution in [0.5, 0.6) is 0 Å². The molecule has 1 unspecified atom stereocenters. The lowest BCUT2D eigenvalue weighted by atomic mass is 10.1. The van der Waals surface area contributed by atoms with Crippen molar-refractivity contribution in [3.63, 3.8) is 0 Å². The third kappa shape index (κ3) is 2.00. The minimum atomic E-state index is -0.828. The van der Waals surface area contributed by atoms with Crippen LogP contribution < -0.4 is 5.73 Å². The molecule has 2 N–H and O–H groups in total. The van der Waals surface area contributed by atoms with Crippen LogP contribution in [0.15, 0.2) is 35.6 Å². The van der Waals surface area contributed by atoms with Crippen LogP contribution in [-0.4, -0.2) is 16.2 Å². The molecule has 0 fully saturated rings. The highest BCUT2D eigenvalue weighted by Crippen LogP contribution is 2.23. The van der Waals surface area contributed by atoms with E-state index in [9.17, 15) is 0 Å². The molecule has 1 aliphatic heterocycles. The maximum atomic E-state index is 5.89. The van der Waals surface area contributed by atoms with Crippen LogP contribution in [0, 0.1) is 0 Å². The fourth-order valence-corrected chi connectivity index (χ4v) is 1.37. The molecule has 0 amide bonds. The molecule has 0 spiro atoms. The Hall–Kier alpha value is -1.19. The first-order valence-electron chi connectivity index (χ1n) is 4.31. The van der Waals surface area contributed by atoms with E-state index in [2.05, 4.69) is 9.98 Å². The van der Waals surface area contributed by atoms with Crippen molar-refractivity contribution in [2.45, 2.75) is 11.4 Å². The van der Waals surface area contributed by atoms with E-state index in [0.29, 0.717) is 6.42 Å². The van der Waals surface area contributed by atoms with Gasteiger partial charge in [0, 0.05) is 30.6 Å². The van der Waals surface area contributed by atoms with Crippen molar-refractivity contribution in [1.29, 1.82) is 0 Å². The summed E-state index contributed by atoms with van der Waals surface area (Å²) in [5, 5.41) is 0. The lowest BCUT2D eigenvalue weighted by Crippen LogP contribution is -2.35. The molecule has 0 bridgehead atoms. The number of aromatic nitrogens is 1. The fourth-order valence-electron chi connectivity index (χ4n) is 1.24. The SMILES string of the molecule is NC1(Cl)C=NC(c2cccnc2)=CC1. The number of rotatable bonds is 1. The molecular weight excluding hydrogens is 198 g/mol. The summed E-state index contributed by atoms with van der Waals surface area (Å²) in [7, 11) is 0. The molecule has 3 nitrogen and oxygen atoms in total. The number of hydrogen-bond donors (Lipinski definition) is 1. The van der Waals surface area contributed by atoms with Crippen LogP contribution >= 0.6 is 11.6 Å². The van der Waals surface area contributed by atoms with E-state index in [-0.39, 0.29) is 0 Å². The van der Waals surface area contributed by atoms with Gasteiger partial charge in [0.05, 0.1) is 5.70 Å². The predicted molar refractivity (Wildman–Crippen MR) is 58.1 cm³/mol. The summed E-state index contributed by atoms with van der Waals surface area (Å²) in [5.41, 5.74) is 7.53. The molecule has 1 atom stereocenters. The van der Waals surface area contributed by atoms with Crippen molar-refractivity contribution in [3.8, 4) is 0 Å². The molecular formula is C10H10ClN3. The molecule has 2 rings (SSSR count). The average molecular weight is 208 g/mol. The Morgan fingerprint density at radius 3 is 2.93 bits per heavy atom. The van der Waals surface area contributed by atoms with Crippen molar-refractivity contribution >= 4 is 23.5 Å². The zero-order valence-corrected chi connectivity index (χ0v) is 8.28. The van der Waals surface area contributed by atoms with E-state index in [0.717, 1.165) is 11.3 Å². The highest BCUT2D eigenvalue weighted by molar-refractivity contribution is 6.32. The van der Waals surface area contributed by atoms with E-state index in [1.54, 1.807) is 18.6 Å². The van der Waals surface area contributed by atoms with E-state index in [4.69, 9.17) is 17.3 Å². The molecule has 14 heavy (non-hydrogen) atoms. The van der Waals surface area contributed by atoms with Gasteiger partial charge in [0.25, 0.3) is 0 Å². The van der Waals surface area contributed by atoms with Crippen molar-refractivity contribution < 1.29 is 0 Å². The summed E-state index contributed by atoms with van der Waals surface area (Å²) in [4.78, 5) is 7.38. The van der Waals surface area contributed by atoms with E-state index < -0.39 is 5.00 Å². The highest BCUT2D eigenvalue weighted by atomic mass is 35.5. The van der Waals surface area contributed by atoms with Crippen LogP contribution in [0.2, 0.25) is 0 Å². The van der Waals surface area contributed by atoms with Gasteiger partial charge in [0.2, 0.25) is 0 Å². The first-order valence-corrected chi connectivity index (χ1v) is 4.69. The minimum absolute atomic E-state index is 0.586. The van der Waals surface area contributed by atoms with Gasteiger partial charge in [-0.3, -0.25) is 9.98 Å². The zero-order valence-electron chi connectivity index (χ0n) is 7.52. The number of hydrogen-bond acceptors (Lipinski definition) is 3. The molecule has 1 aromatic heterocycles. The number of alkyl halides is 1. The molecule has 1 aromatic rings. The van der Waals surface area contributed by atoms with E-state index in [1.165, 1.54) is 0 Å².